The van der Waals surface area contributed by atoms with Gasteiger partial charge in [-0.05, 0) is 12.1 Å². The lowest BCUT2D eigenvalue weighted by molar-refractivity contribution is 0.0459. The Bertz CT molecular complexity index is 403. The van der Waals surface area contributed by atoms with Crippen LogP contribution in [0.1, 0.15) is 10.4 Å². The molecule has 80 valence electrons. The Labute approximate surface area is 117 Å². The fourth-order valence-corrected chi connectivity index (χ4v) is 3.23. The van der Waals surface area contributed by atoms with Gasteiger partial charge >= 0.3 is 5.97 Å². The molecule has 1 aromatic rings. The monoisotopic (exact) mass is 414 g/mol. The molecule has 1 heterocycles. The van der Waals surface area contributed by atoms with Gasteiger partial charge in [0.25, 0.3) is 0 Å². The minimum atomic E-state index is -0.596. The van der Waals surface area contributed by atoms with Crippen molar-refractivity contribution in [3.8, 4) is 0 Å². The van der Waals surface area contributed by atoms with Gasteiger partial charge in [0.05, 0.1) is 5.56 Å². The summed E-state index contributed by atoms with van der Waals surface area (Å²) in [5.41, 5.74) is 0.274. The Morgan fingerprint density at radius 2 is 1.93 bits per heavy atom. The molecule has 1 aliphatic rings. The number of benzene rings is 1. The van der Waals surface area contributed by atoms with Crippen molar-refractivity contribution in [3.05, 3.63) is 29.8 Å². The van der Waals surface area contributed by atoms with Crippen molar-refractivity contribution in [1.29, 1.82) is 0 Å². The van der Waals surface area contributed by atoms with Crippen LogP contribution in [0.5, 0.6) is 0 Å². The van der Waals surface area contributed by atoms with Crippen molar-refractivity contribution in [2.24, 2.45) is 0 Å². The van der Waals surface area contributed by atoms with E-state index in [-0.39, 0.29) is 11.4 Å². The summed E-state index contributed by atoms with van der Waals surface area (Å²) in [6.07, 6.45) is 0. The van der Waals surface area contributed by atoms with Crippen molar-refractivity contribution >= 4 is 65.5 Å². The lowest BCUT2D eigenvalue weighted by Gasteiger charge is -2.29. The molecular formula is C9H5Br3O2S. The third-order valence-electron chi connectivity index (χ3n) is 1.82. The van der Waals surface area contributed by atoms with E-state index < -0.39 is 2.14 Å². The van der Waals surface area contributed by atoms with E-state index in [1.54, 1.807) is 6.07 Å². The number of fused-ring (bicyclic) bond motifs is 1. The normalized spacial score (nSPS) is 20.7. The van der Waals surface area contributed by atoms with E-state index in [4.69, 9.17) is 4.74 Å². The summed E-state index contributed by atoms with van der Waals surface area (Å²) in [4.78, 5) is 12.6. The van der Waals surface area contributed by atoms with Crippen LogP contribution in [0.15, 0.2) is 29.2 Å². The first-order chi connectivity index (χ1) is 6.98. The van der Waals surface area contributed by atoms with Crippen LogP contribution in [0.25, 0.3) is 0 Å². The second-order valence-corrected chi connectivity index (χ2v) is 10.9. The molecule has 2 rings (SSSR count). The van der Waals surface area contributed by atoms with Crippen LogP contribution >= 0.6 is 59.6 Å². The van der Waals surface area contributed by atoms with Gasteiger partial charge in [0.2, 0.25) is 0 Å². The largest absolute Gasteiger partial charge is 0.444 e. The van der Waals surface area contributed by atoms with Gasteiger partial charge in [0, 0.05) is 4.90 Å². The number of ether oxygens (including phenoxy) is 1. The van der Waals surface area contributed by atoms with Crippen LogP contribution in [0.2, 0.25) is 0 Å². The van der Waals surface area contributed by atoms with E-state index in [2.05, 4.69) is 47.8 Å². The second kappa shape index (κ2) is 4.39. The molecule has 1 unspecified atom stereocenters. The molecule has 15 heavy (non-hydrogen) atoms. The zero-order chi connectivity index (χ0) is 11.1. The van der Waals surface area contributed by atoms with E-state index in [1.165, 1.54) is 11.8 Å². The molecule has 0 aromatic heterocycles. The van der Waals surface area contributed by atoms with Crippen molar-refractivity contribution < 1.29 is 9.53 Å². The van der Waals surface area contributed by atoms with Gasteiger partial charge in [-0.1, -0.05) is 71.7 Å². The summed E-state index contributed by atoms with van der Waals surface area (Å²) in [6, 6.07) is 7.40. The minimum absolute atomic E-state index is 0.294. The standard InChI is InChI=1S/C9H5Br3O2S/c10-9(11,12)8-14-7(13)5-3-1-2-4-6(5)15-8/h1-4,8H. The maximum atomic E-state index is 11.6. The average Bonchev–Trinajstić information content (AvgIpc) is 2.16. The number of carbonyl (C=O) groups excluding carboxylic acids is 1. The second-order valence-electron chi connectivity index (χ2n) is 2.89. The molecule has 0 amide bonds. The fourth-order valence-electron chi connectivity index (χ4n) is 1.17. The van der Waals surface area contributed by atoms with Crippen LogP contribution in [-0.4, -0.2) is 13.5 Å². The number of alkyl halides is 3. The molecule has 0 saturated carbocycles. The maximum Gasteiger partial charge on any atom is 0.340 e. The third kappa shape index (κ3) is 2.60. The molecule has 0 saturated heterocycles. The van der Waals surface area contributed by atoms with Gasteiger partial charge < -0.3 is 4.74 Å². The predicted octanol–water partition coefficient (Wildman–Crippen LogP) is 4.11. The van der Waals surface area contributed by atoms with Gasteiger partial charge in [0.1, 0.15) is 0 Å². The highest BCUT2D eigenvalue weighted by Gasteiger charge is 2.39. The molecule has 0 radical (unpaired) electrons. The summed E-state index contributed by atoms with van der Waals surface area (Å²) in [7, 11) is 0. The number of hydrogen-bond acceptors (Lipinski definition) is 3. The molecule has 2 nitrogen and oxygen atoms in total. The summed E-state index contributed by atoms with van der Waals surface area (Å²) in [5.74, 6) is -0.294. The zero-order valence-electron chi connectivity index (χ0n) is 7.25. The van der Waals surface area contributed by atoms with E-state index in [0.717, 1.165) is 4.90 Å². The lowest BCUT2D eigenvalue weighted by atomic mass is 10.2. The molecule has 6 heteroatoms. The summed E-state index contributed by atoms with van der Waals surface area (Å²) >= 11 is 11.5. The van der Waals surface area contributed by atoms with Crippen molar-refractivity contribution in [2.75, 3.05) is 0 Å². The molecular weight excluding hydrogens is 412 g/mol. The highest BCUT2D eigenvalue weighted by molar-refractivity contribution is 9.39. The summed E-state index contributed by atoms with van der Waals surface area (Å²) in [6.45, 7) is 0. The first-order valence-corrected chi connectivity index (χ1v) is 7.28. The Morgan fingerprint density at radius 1 is 1.27 bits per heavy atom. The molecule has 0 spiro atoms. The molecule has 0 fully saturated rings. The number of halogens is 3. The van der Waals surface area contributed by atoms with Gasteiger partial charge in [-0.2, -0.15) is 0 Å². The number of thioether (sulfide) groups is 1. The highest BCUT2D eigenvalue weighted by atomic mass is 80.0. The van der Waals surface area contributed by atoms with Gasteiger partial charge in [-0.15, -0.1) is 0 Å². The highest BCUT2D eigenvalue weighted by Crippen LogP contribution is 2.48. The van der Waals surface area contributed by atoms with Crippen LogP contribution in [0.4, 0.5) is 0 Å². The molecule has 0 aliphatic carbocycles. The Balaban J connectivity index is 2.35. The molecule has 1 atom stereocenters. The van der Waals surface area contributed by atoms with Crippen LogP contribution in [0.3, 0.4) is 0 Å². The topological polar surface area (TPSA) is 26.3 Å². The maximum absolute atomic E-state index is 11.6. The summed E-state index contributed by atoms with van der Waals surface area (Å²) in [5, 5.41) is 0. The average molecular weight is 417 g/mol. The van der Waals surface area contributed by atoms with Crippen molar-refractivity contribution in [1.82, 2.24) is 0 Å². The molecule has 1 aromatic carbocycles. The quantitative estimate of drug-likeness (QED) is 0.470. The van der Waals surface area contributed by atoms with Gasteiger partial charge in [0.15, 0.2) is 7.58 Å². The number of rotatable bonds is 0. The summed E-state index contributed by atoms with van der Waals surface area (Å²) < 4.78 is 4.66. The number of carbonyl (C=O) groups is 1. The molecule has 0 N–H and O–H groups in total. The van der Waals surface area contributed by atoms with Crippen LogP contribution in [0, 0.1) is 0 Å². The van der Waals surface area contributed by atoms with Crippen molar-refractivity contribution in [2.45, 2.75) is 12.5 Å². The molecule has 1 aliphatic heterocycles. The number of cyclic esters (lactones) is 1. The third-order valence-corrected chi connectivity index (χ3v) is 5.25. The zero-order valence-corrected chi connectivity index (χ0v) is 12.8. The molecule has 0 bridgehead atoms. The number of esters is 1. The minimum Gasteiger partial charge on any atom is -0.444 e. The Kier molecular flexibility index (Phi) is 3.50. The first-order valence-electron chi connectivity index (χ1n) is 4.02. The lowest BCUT2D eigenvalue weighted by Crippen LogP contribution is -2.30. The van der Waals surface area contributed by atoms with Crippen molar-refractivity contribution in [3.63, 3.8) is 0 Å². The first kappa shape index (κ1) is 12.0. The van der Waals surface area contributed by atoms with Gasteiger partial charge in [-0.3, -0.25) is 0 Å². The van der Waals surface area contributed by atoms with E-state index in [9.17, 15) is 4.79 Å². The van der Waals surface area contributed by atoms with E-state index in [0.29, 0.717) is 5.56 Å². The Morgan fingerprint density at radius 3 is 2.60 bits per heavy atom. The predicted molar refractivity (Wildman–Crippen MR) is 71.0 cm³/mol. The fraction of sp³-hybridized carbons (Fsp3) is 0.222. The SMILES string of the molecule is O=C1OC(C(Br)(Br)Br)Sc2ccccc21. The van der Waals surface area contributed by atoms with E-state index >= 15 is 0 Å². The van der Waals surface area contributed by atoms with E-state index in [1.807, 2.05) is 18.2 Å². The van der Waals surface area contributed by atoms with Crippen LogP contribution in [-0.2, 0) is 4.74 Å². The number of hydrogen-bond donors (Lipinski definition) is 0. The van der Waals surface area contributed by atoms with Crippen LogP contribution < -0.4 is 0 Å². The van der Waals surface area contributed by atoms with Gasteiger partial charge in [-0.25, -0.2) is 4.79 Å². The Hall–Kier alpha value is 0.480. The smallest absolute Gasteiger partial charge is 0.340 e.